The minimum atomic E-state index is -1.00. The zero-order chi connectivity index (χ0) is 19.1. The zero-order valence-corrected chi connectivity index (χ0v) is 15.6. The maximum Gasteiger partial charge on any atom is 0.335 e. The normalized spacial score (nSPS) is 21.1. The van der Waals surface area contributed by atoms with Gasteiger partial charge in [0.2, 0.25) is 0 Å². The first-order valence-electron chi connectivity index (χ1n) is 8.76. The van der Waals surface area contributed by atoms with Crippen molar-refractivity contribution >= 4 is 11.8 Å². The number of ketones is 1. The SMILES string of the molecule is COC1(C)CCC(C)(C)c2ccc(C(=O)c3ccc(C(=O)O)cc3)cc21. The topological polar surface area (TPSA) is 63.6 Å². The van der Waals surface area contributed by atoms with Crippen LogP contribution < -0.4 is 0 Å². The molecule has 0 amide bonds. The molecule has 2 aromatic carbocycles. The highest BCUT2D eigenvalue weighted by Gasteiger charge is 2.40. The maximum atomic E-state index is 12.9. The average molecular weight is 352 g/mol. The molecule has 0 fully saturated rings. The molecular weight excluding hydrogens is 328 g/mol. The van der Waals surface area contributed by atoms with E-state index in [2.05, 4.69) is 20.8 Å². The number of hydrogen-bond donors (Lipinski definition) is 1. The van der Waals surface area contributed by atoms with Gasteiger partial charge in [-0.15, -0.1) is 0 Å². The summed E-state index contributed by atoms with van der Waals surface area (Å²) in [6, 6.07) is 11.9. The average Bonchev–Trinajstić information content (AvgIpc) is 2.64. The van der Waals surface area contributed by atoms with Gasteiger partial charge in [-0.3, -0.25) is 4.79 Å². The molecule has 2 aromatic rings. The van der Waals surface area contributed by atoms with Gasteiger partial charge in [0, 0.05) is 18.2 Å². The standard InChI is InChI=1S/C22H24O4/c1-21(2)11-12-22(3,26-4)18-13-16(9-10-17(18)21)19(23)14-5-7-15(8-6-14)20(24)25/h5-10,13H,11-12H2,1-4H3,(H,24,25). The number of ether oxygens (including phenoxy) is 1. The minimum Gasteiger partial charge on any atom is -0.478 e. The third-order valence-electron chi connectivity index (χ3n) is 5.65. The third kappa shape index (κ3) is 3.06. The van der Waals surface area contributed by atoms with E-state index in [0.717, 1.165) is 18.4 Å². The molecule has 1 N–H and O–H groups in total. The van der Waals surface area contributed by atoms with E-state index in [-0.39, 0.29) is 16.8 Å². The zero-order valence-electron chi connectivity index (χ0n) is 15.6. The van der Waals surface area contributed by atoms with Crippen LogP contribution in [0.1, 0.15) is 71.0 Å². The Labute approximate surface area is 153 Å². The number of benzene rings is 2. The predicted octanol–water partition coefficient (Wildman–Crippen LogP) is 4.55. The molecule has 3 rings (SSSR count). The van der Waals surface area contributed by atoms with E-state index in [1.165, 1.54) is 17.7 Å². The molecule has 0 saturated carbocycles. The third-order valence-corrected chi connectivity index (χ3v) is 5.65. The number of carboxylic acids is 1. The summed E-state index contributed by atoms with van der Waals surface area (Å²) in [4.78, 5) is 23.9. The molecule has 1 atom stereocenters. The van der Waals surface area contributed by atoms with Crippen LogP contribution in [0.2, 0.25) is 0 Å². The lowest BCUT2D eigenvalue weighted by Gasteiger charge is -2.42. The first-order valence-corrected chi connectivity index (χ1v) is 8.76. The summed E-state index contributed by atoms with van der Waals surface area (Å²) in [5, 5.41) is 9.00. The summed E-state index contributed by atoms with van der Waals surface area (Å²) in [5.74, 6) is -1.12. The van der Waals surface area contributed by atoms with E-state index in [1.807, 2.05) is 18.2 Å². The second-order valence-corrected chi connectivity index (χ2v) is 7.79. The number of fused-ring (bicyclic) bond motifs is 1. The molecule has 0 spiro atoms. The van der Waals surface area contributed by atoms with Gasteiger partial charge in [0.25, 0.3) is 0 Å². The van der Waals surface area contributed by atoms with Gasteiger partial charge in [-0.2, -0.15) is 0 Å². The summed E-state index contributed by atoms with van der Waals surface area (Å²) in [5.41, 5.74) is 3.14. The largest absolute Gasteiger partial charge is 0.478 e. The van der Waals surface area contributed by atoms with Gasteiger partial charge in [0.05, 0.1) is 11.2 Å². The Hall–Kier alpha value is -2.46. The lowest BCUT2D eigenvalue weighted by molar-refractivity contribution is -0.0202. The maximum absolute atomic E-state index is 12.9. The van der Waals surface area contributed by atoms with Crippen LogP contribution in [-0.4, -0.2) is 24.0 Å². The smallest absolute Gasteiger partial charge is 0.335 e. The summed E-state index contributed by atoms with van der Waals surface area (Å²) < 4.78 is 5.80. The molecule has 0 aromatic heterocycles. The fourth-order valence-corrected chi connectivity index (χ4v) is 3.68. The number of carbonyl (C=O) groups excluding carboxylic acids is 1. The minimum absolute atomic E-state index is 0.0398. The molecule has 4 heteroatoms. The van der Waals surface area contributed by atoms with Crippen molar-refractivity contribution in [3.05, 3.63) is 70.3 Å². The van der Waals surface area contributed by atoms with E-state index in [1.54, 1.807) is 19.2 Å². The Morgan fingerprint density at radius 2 is 1.46 bits per heavy atom. The molecule has 136 valence electrons. The monoisotopic (exact) mass is 352 g/mol. The highest BCUT2D eigenvalue weighted by atomic mass is 16.5. The molecule has 0 heterocycles. The second-order valence-electron chi connectivity index (χ2n) is 7.79. The Kier molecular flexibility index (Phi) is 4.49. The summed E-state index contributed by atoms with van der Waals surface area (Å²) >= 11 is 0. The number of aromatic carboxylic acids is 1. The van der Waals surface area contributed by atoms with Crippen LogP contribution in [-0.2, 0) is 15.8 Å². The molecule has 0 radical (unpaired) electrons. The summed E-state index contributed by atoms with van der Waals surface area (Å²) in [6.07, 6.45) is 1.92. The highest BCUT2D eigenvalue weighted by molar-refractivity contribution is 6.09. The van der Waals surface area contributed by atoms with Gasteiger partial charge >= 0.3 is 5.97 Å². The molecule has 1 aliphatic rings. The summed E-state index contributed by atoms with van der Waals surface area (Å²) in [6.45, 7) is 6.50. The van der Waals surface area contributed by atoms with Crippen LogP contribution in [0.4, 0.5) is 0 Å². The Bertz CT molecular complexity index is 864. The molecule has 0 bridgehead atoms. The fourth-order valence-electron chi connectivity index (χ4n) is 3.68. The van der Waals surface area contributed by atoms with E-state index in [0.29, 0.717) is 11.1 Å². The Balaban J connectivity index is 2.03. The van der Waals surface area contributed by atoms with Crippen molar-refractivity contribution in [1.82, 2.24) is 0 Å². The van der Waals surface area contributed by atoms with Gasteiger partial charge in [-0.05, 0) is 54.5 Å². The molecule has 0 aliphatic heterocycles. The van der Waals surface area contributed by atoms with Crippen LogP contribution >= 0.6 is 0 Å². The Morgan fingerprint density at radius 1 is 0.885 bits per heavy atom. The van der Waals surface area contributed by atoms with Crippen molar-refractivity contribution < 1.29 is 19.4 Å². The van der Waals surface area contributed by atoms with E-state index in [9.17, 15) is 9.59 Å². The first kappa shape index (κ1) is 18.3. The van der Waals surface area contributed by atoms with Crippen molar-refractivity contribution in [2.24, 2.45) is 0 Å². The van der Waals surface area contributed by atoms with Crippen LogP contribution in [0, 0.1) is 0 Å². The number of rotatable bonds is 4. The Morgan fingerprint density at radius 3 is 2.04 bits per heavy atom. The molecular formula is C22H24O4. The predicted molar refractivity (Wildman–Crippen MR) is 99.9 cm³/mol. The lowest BCUT2D eigenvalue weighted by Crippen LogP contribution is -2.37. The number of hydrogen-bond acceptors (Lipinski definition) is 3. The number of carbonyl (C=O) groups is 2. The van der Waals surface area contributed by atoms with Crippen LogP contribution in [0.5, 0.6) is 0 Å². The van der Waals surface area contributed by atoms with E-state index in [4.69, 9.17) is 9.84 Å². The van der Waals surface area contributed by atoms with Crippen LogP contribution in [0.3, 0.4) is 0 Å². The van der Waals surface area contributed by atoms with Crippen LogP contribution in [0.25, 0.3) is 0 Å². The van der Waals surface area contributed by atoms with Gasteiger partial charge in [0.15, 0.2) is 5.78 Å². The van der Waals surface area contributed by atoms with Crippen molar-refractivity contribution in [3.8, 4) is 0 Å². The van der Waals surface area contributed by atoms with E-state index < -0.39 is 11.6 Å². The van der Waals surface area contributed by atoms with Crippen molar-refractivity contribution in [2.45, 2.75) is 44.6 Å². The molecule has 1 unspecified atom stereocenters. The number of methoxy groups -OCH3 is 1. The van der Waals surface area contributed by atoms with Crippen molar-refractivity contribution in [1.29, 1.82) is 0 Å². The second kappa shape index (κ2) is 6.36. The van der Waals surface area contributed by atoms with Gasteiger partial charge < -0.3 is 9.84 Å². The summed E-state index contributed by atoms with van der Waals surface area (Å²) in [7, 11) is 1.71. The van der Waals surface area contributed by atoms with E-state index >= 15 is 0 Å². The van der Waals surface area contributed by atoms with Crippen molar-refractivity contribution in [2.75, 3.05) is 7.11 Å². The number of carboxylic acid groups (broad SMARTS) is 1. The molecule has 1 aliphatic carbocycles. The van der Waals surface area contributed by atoms with Crippen LogP contribution in [0.15, 0.2) is 42.5 Å². The molecule has 4 nitrogen and oxygen atoms in total. The lowest BCUT2D eigenvalue weighted by atomic mass is 9.67. The quantitative estimate of drug-likeness (QED) is 0.820. The first-order chi connectivity index (χ1) is 12.2. The highest BCUT2D eigenvalue weighted by Crippen LogP contribution is 2.46. The molecule has 0 saturated heterocycles. The van der Waals surface area contributed by atoms with Crippen molar-refractivity contribution in [3.63, 3.8) is 0 Å². The van der Waals surface area contributed by atoms with Gasteiger partial charge in [-0.25, -0.2) is 4.79 Å². The fraction of sp³-hybridized carbons (Fsp3) is 0.364. The van der Waals surface area contributed by atoms with Gasteiger partial charge in [-0.1, -0.05) is 38.1 Å². The van der Waals surface area contributed by atoms with Gasteiger partial charge in [0.1, 0.15) is 0 Å². The molecule has 26 heavy (non-hydrogen) atoms.